The highest BCUT2D eigenvalue weighted by Gasteiger charge is 2.35. The maximum absolute atomic E-state index is 12.4. The number of nitrogens with one attached hydrogen (secondary N) is 2. The van der Waals surface area contributed by atoms with Gasteiger partial charge < -0.3 is 10.6 Å². The predicted molar refractivity (Wildman–Crippen MR) is 105 cm³/mol. The van der Waals surface area contributed by atoms with Gasteiger partial charge in [0.2, 0.25) is 11.8 Å². The van der Waals surface area contributed by atoms with Crippen LogP contribution in [0, 0.1) is 5.41 Å². The van der Waals surface area contributed by atoms with Crippen LogP contribution in [0.1, 0.15) is 25.0 Å². The van der Waals surface area contributed by atoms with Crippen molar-refractivity contribution in [1.82, 2.24) is 10.6 Å². The minimum atomic E-state index is -1.11. The molecule has 0 atom stereocenters. The lowest BCUT2D eigenvalue weighted by atomic mass is 9.91. The van der Waals surface area contributed by atoms with Crippen molar-refractivity contribution in [2.45, 2.75) is 26.7 Å². The Morgan fingerprint density at radius 2 is 1.27 bits per heavy atom. The fourth-order valence-corrected chi connectivity index (χ4v) is 2.61. The summed E-state index contributed by atoms with van der Waals surface area (Å²) in [6, 6.07) is 17.4. The van der Waals surface area contributed by atoms with E-state index in [-0.39, 0.29) is 11.8 Å². The van der Waals surface area contributed by atoms with Gasteiger partial charge in [-0.15, -0.1) is 0 Å². The predicted octanol–water partition coefficient (Wildman–Crippen LogP) is 3.38. The number of hydrogen-bond donors (Lipinski definition) is 2. The van der Waals surface area contributed by atoms with Crippen LogP contribution in [0.25, 0.3) is 0 Å². The molecule has 0 spiro atoms. The Balaban J connectivity index is 1.76. The van der Waals surface area contributed by atoms with E-state index in [2.05, 4.69) is 10.6 Å². The van der Waals surface area contributed by atoms with Crippen LogP contribution in [0.4, 0.5) is 0 Å². The molecule has 26 heavy (non-hydrogen) atoms. The van der Waals surface area contributed by atoms with E-state index in [1.54, 1.807) is 13.8 Å². The summed E-state index contributed by atoms with van der Waals surface area (Å²) in [6.45, 7) is 4.26. The van der Waals surface area contributed by atoms with Gasteiger partial charge in [0.15, 0.2) is 0 Å². The van der Waals surface area contributed by atoms with Gasteiger partial charge in [-0.05, 0) is 49.9 Å². The van der Waals surface area contributed by atoms with Crippen LogP contribution in [0.2, 0.25) is 5.02 Å². The average Bonchev–Trinajstić information content (AvgIpc) is 2.64. The van der Waals surface area contributed by atoms with E-state index < -0.39 is 5.41 Å². The maximum atomic E-state index is 12.4. The first-order valence-electron chi connectivity index (χ1n) is 8.74. The molecule has 0 unspecified atom stereocenters. The van der Waals surface area contributed by atoms with Gasteiger partial charge in [-0.1, -0.05) is 54.1 Å². The highest BCUT2D eigenvalue weighted by Crippen LogP contribution is 2.16. The lowest BCUT2D eigenvalue weighted by Crippen LogP contribution is -2.48. The molecule has 2 aromatic carbocycles. The number of halogens is 1. The SMILES string of the molecule is CC(C)(C(=O)NCCc1ccccc1)C(=O)NCCc1ccc(Cl)cc1. The molecule has 0 saturated carbocycles. The number of carbonyl (C=O) groups excluding carboxylic acids is 2. The van der Waals surface area contributed by atoms with Gasteiger partial charge in [-0.2, -0.15) is 0 Å². The minimum Gasteiger partial charge on any atom is -0.355 e. The molecule has 2 rings (SSSR count). The summed E-state index contributed by atoms with van der Waals surface area (Å²) in [4.78, 5) is 24.8. The number of carbonyl (C=O) groups is 2. The second-order valence-corrected chi connectivity index (χ2v) is 7.19. The van der Waals surface area contributed by atoms with Crippen molar-refractivity contribution in [2.24, 2.45) is 5.41 Å². The van der Waals surface area contributed by atoms with Crippen LogP contribution >= 0.6 is 11.6 Å². The molecule has 4 nitrogen and oxygen atoms in total. The fourth-order valence-electron chi connectivity index (χ4n) is 2.48. The van der Waals surface area contributed by atoms with Gasteiger partial charge in [0, 0.05) is 18.1 Å². The topological polar surface area (TPSA) is 58.2 Å². The van der Waals surface area contributed by atoms with Gasteiger partial charge in [0.05, 0.1) is 0 Å². The van der Waals surface area contributed by atoms with Crippen molar-refractivity contribution in [3.05, 3.63) is 70.7 Å². The average molecular weight is 373 g/mol. The molecule has 2 N–H and O–H groups in total. The zero-order chi connectivity index (χ0) is 19.0. The zero-order valence-corrected chi connectivity index (χ0v) is 16.0. The van der Waals surface area contributed by atoms with E-state index in [9.17, 15) is 9.59 Å². The van der Waals surface area contributed by atoms with Crippen LogP contribution in [0.3, 0.4) is 0 Å². The molecule has 0 aliphatic carbocycles. The Morgan fingerprint density at radius 1 is 0.808 bits per heavy atom. The Morgan fingerprint density at radius 3 is 1.77 bits per heavy atom. The number of hydrogen-bond acceptors (Lipinski definition) is 2. The van der Waals surface area contributed by atoms with Crippen molar-refractivity contribution in [1.29, 1.82) is 0 Å². The summed E-state index contributed by atoms with van der Waals surface area (Å²) < 4.78 is 0. The van der Waals surface area contributed by atoms with Gasteiger partial charge in [0.25, 0.3) is 0 Å². The molecule has 0 bridgehead atoms. The Labute approximate surface area is 159 Å². The van der Waals surface area contributed by atoms with Crippen molar-refractivity contribution in [2.75, 3.05) is 13.1 Å². The second kappa shape index (κ2) is 9.39. The van der Waals surface area contributed by atoms with Crippen molar-refractivity contribution >= 4 is 23.4 Å². The van der Waals surface area contributed by atoms with Crippen LogP contribution in [0.5, 0.6) is 0 Å². The monoisotopic (exact) mass is 372 g/mol. The third kappa shape index (κ3) is 5.88. The van der Waals surface area contributed by atoms with Gasteiger partial charge >= 0.3 is 0 Å². The van der Waals surface area contributed by atoms with Crippen LogP contribution in [-0.4, -0.2) is 24.9 Å². The molecular weight excluding hydrogens is 348 g/mol. The summed E-state index contributed by atoms with van der Waals surface area (Å²) >= 11 is 5.86. The molecule has 0 radical (unpaired) electrons. The summed E-state index contributed by atoms with van der Waals surface area (Å²) in [5.74, 6) is -0.541. The third-order valence-electron chi connectivity index (χ3n) is 4.29. The summed E-state index contributed by atoms with van der Waals surface area (Å²) in [7, 11) is 0. The van der Waals surface area contributed by atoms with E-state index in [1.165, 1.54) is 0 Å². The van der Waals surface area contributed by atoms with Crippen LogP contribution in [0.15, 0.2) is 54.6 Å². The first-order valence-corrected chi connectivity index (χ1v) is 9.12. The third-order valence-corrected chi connectivity index (χ3v) is 4.54. The van der Waals surface area contributed by atoms with E-state index in [4.69, 9.17) is 11.6 Å². The quantitative estimate of drug-likeness (QED) is 0.698. The van der Waals surface area contributed by atoms with E-state index in [1.807, 2.05) is 54.6 Å². The van der Waals surface area contributed by atoms with Gasteiger partial charge in [-0.3, -0.25) is 9.59 Å². The molecule has 0 aromatic heterocycles. The zero-order valence-electron chi connectivity index (χ0n) is 15.2. The fraction of sp³-hybridized carbons (Fsp3) is 0.333. The lowest BCUT2D eigenvalue weighted by Gasteiger charge is -2.22. The molecule has 0 aliphatic heterocycles. The van der Waals surface area contributed by atoms with E-state index >= 15 is 0 Å². The Bertz CT molecular complexity index is 727. The van der Waals surface area contributed by atoms with Crippen molar-refractivity contribution in [3.8, 4) is 0 Å². The Kier molecular flexibility index (Phi) is 7.22. The largest absolute Gasteiger partial charge is 0.355 e. The molecule has 2 aromatic rings. The molecule has 0 saturated heterocycles. The highest BCUT2D eigenvalue weighted by atomic mass is 35.5. The van der Waals surface area contributed by atoms with E-state index in [0.29, 0.717) is 24.5 Å². The molecule has 0 heterocycles. The smallest absolute Gasteiger partial charge is 0.235 e. The standard InChI is InChI=1S/C21H25ClN2O2/c1-21(2,19(25)23-14-12-16-6-4-3-5-7-16)20(26)24-15-13-17-8-10-18(22)11-9-17/h3-11H,12-15H2,1-2H3,(H,23,25)(H,24,26). The number of benzene rings is 2. The second-order valence-electron chi connectivity index (χ2n) is 6.75. The molecule has 0 fully saturated rings. The first-order chi connectivity index (χ1) is 12.4. The lowest BCUT2D eigenvalue weighted by molar-refractivity contribution is -0.141. The molecule has 2 amide bonds. The molecule has 138 valence electrons. The summed E-state index contributed by atoms with van der Waals surface area (Å²) in [6.07, 6.45) is 1.43. The summed E-state index contributed by atoms with van der Waals surface area (Å²) in [5, 5.41) is 6.38. The molecule has 5 heteroatoms. The van der Waals surface area contributed by atoms with Crippen molar-refractivity contribution < 1.29 is 9.59 Å². The Hall–Kier alpha value is -2.33. The summed E-state index contributed by atoms with van der Waals surface area (Å²) in [5.41, 5.74) is 1.12. The van der Waals surface area contributed by atoms with Crippen molar-refractivity contribution in [3.63, 3.8) is 0 Å². The highest BCUT2D eigenvalue weighted by molar-refractivity contribution is 6.30. The normalized spacial score (nSPS) is 11.0. The maximum Gasteiger partial charge on any atom is 0.235 e. The minimum absolute atomic E-state index is 0.266. The van der Waals surface area contributed by atoms with E-state index in [0.717, 1.165) is 17.5 Å². The van der Waals surface area contributed by atoms with Gasteiger partial charge in [0.1, 0.15) is 5.41 Å². The van der Waals surface area contributed by atoms with Gasteiger partial charge in [-0.25, -0.2) is 0 Å². The van der Waals surface area contributed by atoms with Crippen LogP contribution < -0.4 is 10.6 Å². The van der Waals surface area contributed by atoms with Crippen LogP contribution in [-0.2, 0) is 22.4 Å². The number of amides is 2. The number of rotatable bonds is 8. The first kappa shape index (κ1) is 20.0. The molecular formula is C21H25ClN2O2. The molecule has 0 aliphatic rings.